The number of carbonyl (C=O) groups is 2. The van der Waals surface area contributed by atoms with E-state index in [1.165, 1.54) is 17.5 Å². The number of nitrogens with zero attached hydrogens (tertiary/aromatic N) is 2. The molecule has 1 amide bonds. The molecule has 0 aromatic carbocycles. The molecule has 0 saturated carbocycles. The van der Waals surface area contributed by atoms with Gasteiger partial charge in [0.25, 0.3) is 0 Å². The van der Waals surface area contributed by atoms with Crippen molar-refractivity contribution >= 4 is 29.0 Å². The van der Waals surface area contributed by atoms with Crippen LogP contribution in [0.4, 0.5) is 5.82 Å². The summed E-state index contributed by atoms with van der Waals surface area (Å²) >= 11 is 1.14. The van der Waals surface area contributed by atoms with Crippen molar-refractivity contribution in [1.29, 1.82) is 0 Å². The number of thiazole rings is 1. The highest BCUT2D eigenvalue weighted by atomic mass is 32.1. The van der Waals surface area contributed by atoms with E-state index in [-0.39, 0.29) is 24.9 Å². The molecule has 1 N–H and O–H groups in total. The summed E-state index contributed by atoms with van der Waals surface area (Å²) in [7, 11) is 1.29. The second-order valence-electron chi connectivity index (χ2n) is 3.75. The molecule has 0 bridgehead atoms. The second kappa shape index (κ2) is 4.80. The number of anilines is 1. The van der Waals surface area contributed by atoms with Gasteiger partial charge in [-0.1, -0.05) is 0 Å². The van der Waals surface area contributed by atoms with E-state index < -0.39 is 5.97 Å². The molecular weight excluding hydrogens is 244 g/mol. The fourth-order valence-electron chi connectivity index (χ4n) is 1.77. The third kappa shape index (κ3) is 2.16. The third-order valence-corrected chi connectivity index (χ3v) is 3.43. The van der Waals surface area contributed by atoms with Crippen LogP contribution < -0.4 is 4.90 Å². The van der Waals surface area contributed by atoms with E-state index in [1.807, 2.05) is 0 Å². The summed E-state index contributed by atoms with van der Waals surface area (Å²) < 4.78 is 4.63. The van der Waals surface area contributed by atoms with Gasteiger partial charge in [0.2, 0.25) is 5.91 Å². The second-order valence-corrected chi connectivity index (χ2v) is 4.61. The van der Waals surface area contributed by atoms with E-state index >= 15 is 0 Å². The van der Waals surface area contributed by atoms with E-state index in [0.29, 0.717) is 17.2 Å². The maximum absolute atomic E-state index is 11.7. The van der Waals surface area contributed by atoms with Crippen LogP contribution in [0.1, 0.15) is 16.1 Å². The van der Waals surface area contributed by atoms with Crippen LogP contribution in [-0.4, -0.2) is 42.2 Å². The first-order valence-corrected chi connectivity index (χ1v) is 5.98. The molecule has 0 radical (unpaired) electrons. The number of aliphatic hydroxyl groups is 1. The lowest BCUT2D eigenvalue weighted by Crippen LogP contribution is -2.27. The molecule has 1 saturated heterocycles. The number of rotatable bonds is 3. The number of methoxy groups -OCH3 is 1. The Kier molecular flexibility index (Phi) is 3.39. The van der Waals surface area contributed by atoms with Crippen molar-refractivity contribution in [3.05, 3.63) is 10.4 Å². The Morgan fingerprint density at radius 1 is 1.76 bits per heavy atom. The fourth-order valence-corrected chi connectivity index (χ4v) is 2.48. The summed E-state index contributed by atoms with van der Waals surface area (Å²) in [5.41, 5.74) is 1.50. The van der Waals surface area contributed by atoms with E-state index in [4.69, 9.17) is 5.11 Å². The van der Waals surface area contributed by atoms with E-state index in [2.05, 4.69) is 9.72 Å². The van der Waals surface area contributed by atoms with Gasteiger partial charge in [0, 0.05) is 25.5 Å². The molecule has 0 spiro atoms. The van der Waals surface area contributed by atoms with Gasteiger partial charge in [-0.25, -0.2) is 9.78 Å². The molecule has 2 heterocycles. The lowest BCUT2D eigenvalue weighted by Gasteiger charge is -2.14. The molecular formula is C10H12N2O4S. The van der Waals surface area contributed by atoms with Gasteiger partial charge in [-0.2, -0.15) is 0 Å². The number of amides is 1. The molecule has 2 rings (SSSR count). The first-order valence-electron chi connectivity index (χ1n) is 5.10. The average molecular weight is 256 g/mol. The molecule has 1 aliphatic heterocycles. The van der Waals surface area contributed by atoms with Gasteiger partial charge in [0.1, 0.15) is 0 Å². The lowest BCUT2D eigenvalue weighted by molar-refractivity contribution is -0.117. The van der Waals surface area contributed by atoms with Crippen molar-refractivity contribution < 1.29 is 19.4 Å². The Hall–Kier alpha value is -1.47. The van der Waals surface area contributed by atoms with Crippen molar-refractivity contribution in [2.24, 2.45) is 5.92 Å². The number of hydrogen-bond acceptors (Lipinski definition) is 6. The van der Waals surface area contributed by atoms with Gasteiger partial charge in [0.15, 0.2) is 10.7 Å². The number of aromatic nitrogens is 1. The fraction of sp³-hybridized carbons (Fsp3) is 0.500. The average Bonchev–Trinajstić information content (AvgIpc) is 2.93. The summed E-state index contributed by atoms with van der Waals surface area (Å²) in [6, 6.07) is 0. The highest BCUT2D eigenvalue weighted by molar-refractivity contribution is 7.12. The Morgan fingerprint density at radius 3 is 3.12 bits per heavy atom. The molecule has 92 valence electrons. The highest BCUT2D eigenvalue weighted by Gasteiger charge is 2.34. The predicted molar refractivity (Wildman–Crippen MR) is 61.0 cm³/mol. The highest BCUT2D eigenvalue weighted by Crippen LogP contribution is 2.29. The van der Waals surface area contributed by atoms with Crippen molar-refractivity contribution in [2.45, 2.75) is 6.42 Å². The van der Waals surface area contributed by atoms with Crippen LogP contribution in [0.15, 0.2) is 5.51 Å². The molecule has 7 heteroatoms. The van der Waals surface area contributed by atoms with Crippen molar-refractivity contribution in [1.82, 2.24) is 4.98 Å². The predicted octanol–water partition coefficient (Wildman–Crippen LogP) is 0.275. The first-order chi connectivity index (χ1) is 8.17. The summed E-state index contributed by atoms with van der Waals surface area (Å²) in [4.78, 5) is 29.0. The third-order valence-electron chi connectivity index (χ3n) is 2.64. The normalized spacial score (nSPS) is 19.8. The summed E-state index contributed by atoms with van der Waals surface area (Å²) in [6.07, 6.45) is 0.286. The Bertz CT molecular complexity index is 445. The SMILES string of the molecule is COC(=O)c1scnc1N1CC(CO)CC1=O. The Labute approximate surface area is 102 Å². The molecule has 1 aromatic rings. The summed E-state index contributed by atoms with van der Waals surface area (Å²) in [5.74, 6) is -0.375. The van der Waals surface area contributed by atoms with Gasteiger partial charge in [-0.3, -0.25) is 9.69 Å². The van der Waals surface area contributed by atoms with Gasteiger partial charge in [-0.05, 0) is 0 Å². The zero-order chi connectivity index (χ0) is 12.4. The van der Waals surface area contributed by atoms with Crippen molar-refractivity contribution in [3.63, 3.8) is 0 Å². The van der Waals surface area contributed by atoms with Gasteiger partial charge < -0.3 is 9.84 Å². The Morgan fingerprint density at radius 2 is 2.53 bits per heavy atom. The quantitative estimate of drug-likeness (QED) is 0.785. The van der Waals surface area contributed by atoms with Gasteiger partial charge >= 0.3 is 5.97 Å². The van der Waals surface area contributed by atoms with Crippen LogP contribution >= 0.6 is 11.3 Å². The van der Waals surface area contributed by atoms with Crippen molar-refractivity contribution in [3.8, 4) is 0 Å². The zero-order valence-corrected chi connectivity index (χ0v) is 10.1. The number of hydrogen-bond donors (Lipinski definition) is 1. The molecule has 1 fully saturated rings. The van der Waals surface area contributed by atoms with Crippen LogP contribution in [0.3, 0.4) is 0 Å². The molecule has 1 unspecified atom stereocenters. The molecule has 17 heavy (non-hydrogen) atoms. The number of aliphatic hydroxyl groups excluding tert-OH is 1. The lowest BCUT2D eigenvalue weighted by atomic mass is 10.1. The van der Waals surface area contributed by atoms with Crippen LogP contribution in [-0.2, 0) is 9.53 Å². The van der Waals surface area contributed by atoms with Crippen LogP contribution in [0.5, 0.6) is 0 Å². The minimum absolute atomic E-state index is 0.0417. The molecule has 1 atom stereocenters. The summed E-state index contributed by atoms with van der Waals surface area (Å²) in [5, 5.41) is 9.04. The number of ether oxygens (including phenoxy) is 1. The molecule has 1 aliphatic rings. The van der Waals surface area contributed by atoms with Crippen LogP contribution in [0.2, 0.25) is 0 Å². The van der Waals surface area contributed by atoms with E-state index in [0.717, 1.165) is 11.3 Å². The number of esters is 1. The minimum Gasteiger partial charge on any atom is -0.465 e. The molecule has 1 aromatic heterocycles. The number of carbonyl (C=O) groups excluding carboxylic acids is 2. The zero-order valence-electron chi connectivity index (χ0n) is 9.25. The van der Waals surface area contributed by atoms with Gasteiger partial charge in [-0.15, -0.1) is 11.3 Å². The standard InChI is InChI=1S/C10H12N2O4S/c1-16-10(15)8-9(11-5-17-8)12-3-6(4-13)2-7(12)14/h5-6,13H,2-4H2,1H3. The first kappa shape index (κ1) is 12.0. The van der Waals surface area contributed by atoms with E-state index in [1.54, 1.807) is 0 Å². The molecule has 6 nitrogen and oxygen atoms in total. The van der Waals surface area contributed by atoms with Gasteiger partial charge in [0.05, 0.1) is 12.6 Å². The largest absolute Gasteiger partial charge is 0.465 e. The smallest absolute Gasteiger partial charge is 0.351 e. The maximum atomic E-state index is 11.7. The maximum Gasteiger partial charge on any atom is 0.351 e. The minimum atomic E-state index is -0.497. The topological polar surface area (TPSA) is 79.7 Å². The summed E-state index contributed by atoms with van der Waals surface area (Å²) in [6.45, 7) is 0.350. The molecule has 0 aliphatic carbocycles. The van der Waals surface area contributed by atoms with Crippen LogP contribution in [0, 0.1) is 5.92 Å². The monoisotopic (exact) mass is 256 g/mol. The van der Waals surface area contributed by atoms with Crippen LogP contribution in [0.25, 0.3) is 0 Å². The van der Waals surface area contributed by atoms with E-state index in [9.17, 15) is 9.59 Å². The Balaban J connectivity index is 2.26. The van der Waals surface area contributed by atoms with Crippen molar-refractivity contribution in [2.75, 3.05) is 25.2 Å².